The second kappa shape index (κ2) is 8.78. The van der Waals surface area contributed by atoms with Crippen molar-refractivity contribution in [2.24, 2.45) is 0 Å². The summed E-state index contributed by atoms with van der Waals surface area (Å²) in [6.07, 6.45) is 0. The number of carbonyl (C=O) groups excluding carboxylic acids is 1. The van der Waals surface area contributed by atoms with E-state index in [0.29, 0.717) is 11.3 Å². The van der Waals surface area contributed by atoms with Crippen LogP contribution in [0.1, 0.15) is 24.1 Å². The Bertz CT molecular complexity index is 1040. The Balaban J connectivity index is 2.29. The molecule has 2 aromatic rings. The van der Waals surface area contributed by atoms with Gasteiger partial charge in [0.1, 0.15) is 0 Å². The standard InChI is InChI=1S/C20H19N3O6S/c1-3-29-19(25)15-16(11-7-5-4-6-8-11)21-20(30)22-17(15)13-9-12(23(26)27)10-14(28-2)18(13)24/h4-10,17,24H,3H2,1-2H3,(H2,21,22,30)/t17-/m1/s1. The van der Waals surface area contributed by atoms with E-state index in [2.05, 4.69) is 10.6 Å². The Morgan fingerprint density at radius 3 is 2.60 bits per heavy atom. The van der Waals surface area contributed by atoms with E-state index in [0.717, 1.165) is 6.07 Å². The van der Waals surface area contributed by atoms with Gasteiger partial charge in [0, 0.05) is 11.6 Å². The molecule has 0 aromatic heterocycles. The molecular weight excluding hydrogens is 410 g/mol. The topological polar surface area (TPSA) is 123 Å². The van der Waals surface area contributed by atoms with Gasteiger partial charge in [-0.1, -0.05) is 30.3 Å². The normalized spacial score (nSPS) is 15.8. The van der Waals surface area contributed by atoms with E-state index in [1.165, 1.54) is 13.2 Å². The van der Waals surface area contributed by atoms with E-state index >= 15 is 0 Å². The van der Waals surface area contributed by atoms with Crippen molar-refractivity contribution in [1.82, 2.24) is 10.6 Å². The van der Waals surface area contributed by atoms with Gasteiger partial charge in [-0.15, -0.1) is 0 Å². The van der Waals surface area contributed by atoms with Crippen molar-refractivity contribution < 1.29 is 24.3 Å². The van der Waals surface area contributed by atoms with Gasteiger partial charge in [0.25, 0.3) is 5.69 Å². The van der Waals surface area contributed by atoms with Crippen molar-refractivity contribution >= 4 is 34.7 Å². The number of nitro groups is 1. The third kappa shape index (κ3) is 4.03. The number of carbonyl (C=O) groups is 1. The minimum absolute atomic E-state index is 0.0568. The number of phenols is 1. The van der Waals surface area contributed by atoms with E-state index in [1.54, 1.807) is 31.2 Å². The molecule has 30 heavy (non-hydrogen) atoms. The van der Waals surface area contributed by atoms with Crippen LogP contribution in [0, 0.1) is 10.1 Å². The summed E-state index contributed by atoms with van der Waals surface area (Å²) in [6.45, 7) is 1.78. The first-order valence-corrected chi connectivity index (χ1v) is 9.37. The zero-order valence-corrected chi connectivity index (χ0v) is 17.0. The fourth-order valence-electron chi connectivity index (χ4n) is 3.15. The number of benzene rings is 2. The Hall–Kier alpha value is -3.66. The van der Waals surface area contributed by atoms with Crippen LogP contribution in [0.4, 0.5) is 5.69 Å². The van der Waals surface area contributed by atoms with Crippen LogP contribution < -0.4 is 15.4 Å². The summed E-state index contributed by atoms with van der Waals surface area (Å²) in [7, 11) is 1.28. The van der Waals surface area contributed by atoms with Crippen LogP contribution in [-0.4, -0.2) is 34.8 Å². The van der Waals surface area contributed by atoms with E-state index in [1.807, 2.05) is 6.07 Å². The third-order valence-corrected chi connectivity index (χ3v) is 4.68. The van der Waals surface area contributed by atoms with Crippen LogP contribution in [0.25, 0.3) is 5.70 Å². The summed E-state index contributed by atoms with van der Waals surface area (Å²) in [5.41, 5.74) is 0.908. The number of esters is 1. The molecule has 0 bridgehead atoms. The smallest absolute Gasteiger partial charge is 0.338 e. The average molecular weight is 429 g/mol. The molecule has 3 N–H and O–H groups in total. The Morgan fingerprint density at radius 1 is 1.30 bits per heavy atom. The number of nitrogens with zero attached hydrogens (tertiary/aromatic N) is 1. The maximum atomic E-state index is 12.9. The van der Waals surface area contributed by atoms with Crippen molar-refractivity contribution in [3.8, 4) is 11.5 Å². The highest BCUT2D eigenvalue weighted by molar-refractivity contribution is 7.80. The fraction of sp³-hybridized carbons (Fsp3) is 0.200. The summed E-state index contributed by atoms with van der Waals surface area (Å²) < 4.78 is 10.3. The number of nitrogens with one attached hydrogen (secondary N) is 2. The highest BCUT2D eigenvalue weighted by atomic mass is 32.1. The first-order valence-electron chi connectivity index (χ1n) is 8.96. The number of ether oxygens (including phenoxy) is 2. The highest BCUT2D eigenvalue weighted by Gasteiger charge is 2.36. The molecule has 156 valence electrons. The Morgan fingerprint density at radius 2 is 2.00 bits per heavy atom. The molecule has 2 aromatic carbocycles. The summed E-state index contributed by atoms with van der Waals surface area (Å²) in [4.78, 5) is 23.7. The van der Waals surface area contributed by atoms with E-state index < -0.39 is 16.9 Å². The molecule has 0 radical (unpaired) electrons. The number of phenolic OH excluding ortho intramolecular Hbond substituents is 1. The number of rotatable bonds is 6. The van der Waals surface area contributed by atoms with E-state index in [-0.39, 0.29) is 40.0 Å². The predicted octanol–water partition coefficient (Wildman–Crippen LogP) is 2.80. The van der Waals surface area contributed by atoms with Gasteiger partial charge in [-0.2, -0.15) is 0 Å². The fourth-order valence-corrected chi connectivity index (χ4v) is 3.37. The number of thiocarbonyl (C=S) groups is 1. The molecule has 10 heteroatoms. The highest BCUT2D eigenvalue weighted by Crippen LogP contribution is 2.42. The summed E-state index contributed by atoms with van der Waals surface area (Å²) >= 11 is 5.30. The monoisotopic (exact) mass is 429 g/mol. The van der Waals surface area contributed by atoms with E-state index in [4.69, 9.17) is 21.7 Å². The SMILES string of the molecule is CCOC(=O)C1=C(c2ccccc2)NC(=S)N[C@@H]1c1cc([N+](=O)[O-])cc(OC)c1O. The zero-order chi connectivity index (χ0) is 21.8. The molecule has 0 fully saturated rings. The van der Waals surface area contributed by atoms with Gasteiger partial charge in [0.05, 0.1) is 42.0 Å². The summed E-state index contributed by atoms with van der Waals surface area (Å²) in [6, 6.07) is 10.2. The lowest BCUT2D eigenvalue weighted by Crippen LogP contribution is -2.45. The third-order valence-electron chi connectivity index (χ3n) is 4.46. The van der Waals surface area contributed by atoms with Crippen LogP contribution in [0.5, 0.6) is 11.5 Å². The lowest BCUT2D eigenvalue weighted by Gasteiger charge is -2.31. The predicted molar refractivity (Wildman–Crippen MR) is 113 cm³/mol. The molecule has 1 heterocycles. The quantitative estimate of drug-likeness (QED) is 0.275. The minimum Gasteiger partial charge on any atom is -0.504 e. The first kappa shape index (κ1) is 21.1. The van der Waals surface area contributed by atoms with Crippen LogP contribution in [0.2, 0.25) is 0 Å². The van der Waals surface area contributed by atoms with Crippen LogP contribution in [0.15, 0.2) is 48.0 Å². The molecule has 9 nitrogen and oxygen atoms in total. The maximum Gasteiger partial charge on any atom is 0.338 e. The number of methoxy groups -OCH3 is 1. The second-order valence-corrected chi connectivity index (χ2v) is 6.66. The summed E-state index contributed by atoms with van der Waals surface area (Å²) in [5.74, 6) is -1.11. The van der Waals surface area contributed by atoms with Crippen molar-refractivity contribution in [2.45, 2.75) is 13.0 Å². The first-order chi connectivity index (χ1) is 14.4. The molecule has 0 saturated carbocycles. The Labute approximate surface area is 177 Å². The molecule has 0 unspecified atom stereocenters. The Kier molecular flexibility index (Phi) is 6.17. The zero-order valence-electron chi connectivity index (χ0n) is 16.2. The van der Waals surface area contributed by atoms with Crippen molar-refractivity contribution in [3.63, 3.8) is 0 Å². The van der Waals surface area contributed by atoms with Crippen molar-refractivity contribution in [1.29, 1.82) is 0 Å². The van der Waals surface area contributed by atoms with Gasteiger partial charge in [-0.25, -0.2) is 4.79 Å². The molecule has 3 rings (SSSR count). The van der Waals surface area contributed by atoms with Crippen LogP contribution in [-0.2, 0) is 9.53 Å². The van der Waals surface area contributed by atoms with Gasteiger partial charge >= 0.3 is 5.97 Å². The number of nitro benzene ring substituents is 1. The lowest BCUT2D eigenvalue weighted by molar-refractivity contribution is -0.385. The van der Waals surface area contributed by atoms with Crippen molar-refractivity contribution in [3.05, 3.63) is 69.3 Å². The number of aromatic hydroxyl groups is 1. The molecule has 0 amide bonds. The average Bonchev–Trinajstić information content (AvgIpc) is 2.73. The molecule has 1 aliphatic rings. The van der Waals surface area contributed by atoms with Gasteiger partial charge < -0.3 is 25.2 Å². The lowest BCUT2D eigenvalue weighted by atomic mass is 9.91. The molecule has 0 saturated heterocycles. The van der Waals surface area contributed by atoms with Gasteiger partial charge in [0.2, 0.25) is 0 Å². The number of hydrogen-bond donors (Lipinski definition) is 3. The largest absolute Gasteiger partial charge is 0.504 e. The summed E-state index contributed by atoms with van der Waals surface area (Å²) in [5, 5.41) is 28.1. The molecule has 1 aliphatic heterocycles. The molecule has 0 spiro atoms. The molecule has 0 aliphatic carbocycles. The number of non-ortho nitro benzene ring substituents is 1. The van der Waals surface area contributed by atoms with Crippen molar-refractivity contribution in [2.75, 3.05) is 13.7 Å². The van der Waals surface area contributed by atoms with Gasteiger partial charge in [-0.05, 0) is 24.7 Å². The van der Waals surface area contributed by atoms with E-state index in [9.17, 15) is 20.0 Å². The maximum absolute atomic E-state index is 12.9. The van der Waals surface area contributed by atoms with Crippen LogP contribution in [0.3, 0.4) is 0 Å². The van der Waals surface area contributed by atoms with Gasteiger partial charge in [0.15, 0.2) is 16.6 Å². The van der Waals surface area contributed by atoms with Gasteiger partial charge in [-0.3, -0.25) is 10.1 Å². The molecule has 1 atom stereocenters. The second-order valence-electron chi connectivity index (χ2n) is 6.25. The minimum atomic E-state index is -1.01. The number of hydrogen-bond acceptors (Lipinski definition) is 7. The molecular formula is C20H19N3O6S. The van der Waals surface area contributed by atoms with Crippen LogP contribution >= 0.6 is 12.2 Å².